The second-order valence-corrected chi connectivity index (χ2v) is 5.26. The molecule has 0 aliphatic heterocycles. The summed E-state index contributed by atoms with van der Waals surface area (Å²) in [6, 6.07) is 15.2. The quantitative estimate of drug-likeness (QED) is 0.415. The van der Waals surface area contributed by atoms with Gasteiger partial charge in [0.25, 0.3) is 11.6 Å². The number of benzene rings is 2. The fourth-order valence-corrected chi connectivity index (χ4v) is 2.19. The summed E-state index contributed by atoms with van der Waals surface area (Å²) < 4.78 is 5.57. The van der Waals surface area contributed by atoms with E-state index in [9.17, 15) is 20.0 Å². The third-order valence-electron chi connectivity index (χ3n) is 3.46. The molecule has 8 heteroatoms. The topological polar surface area (TPSA) is 118 Å². The van der Waals surface area contributed by atoms with Crippen molar-refractivity contribution in [3.05, 3.63) is 82.1 Å². The lowest BCUT2D eigenvalue weighted by molar-refractivity contribution is -0.384. The van der Waals surface area contributed by atoms with Gasteiger partial charge in [0, 0.05) is 23.3 Å². The van der Waals surface area contributed by atoms with Crippen molar-refractivity contribution in [2.75, 3.05) is 0 Å². The molecular formula is C18H13N3O5. The predicted octanol–water partition coefficient (Wildman–Crippen LogP) is 3.32. The average Bonchev–Trinajstić information content (AvgIpc) is 3.10. The van der Waals surface area contributed by atoms with Gasteiger partial charge >= 0.3 is 0 Å². The number of nitro benzene ring substituents is 1. The van der Waals surface area contributed by atoms with E-state index in [0.717, 1.165) is 0 Å². The van der Waals surface area contributed by atoms with E-state index in [-0.39, 0.29) is 17.0 Å². The number of aromatic hydroxyl groups is 1. The molecule has 130 valence electrons. The largest absolute Gasteiger partial charge is 0.508 e. The van der Waals surface area contributed by atoms with E-state index in [0.29, 0.717) is 17.1 Å². The molecule has 3 aromatic rings. The van der Waals surface area contributed by atoms with Gasteiger partial charge in [0.05, 0.1) is 11.1 Å². The number of non-ortho nitro benzene ring substituents is 1. The fourth-order valence-electron chi connectivity index (χ4n) is 2.19. The summed E-state index contributed by atoms with van der Waals surface area (Å²) in [6.07, 6.45) is 1.33. The maximum atomic E-state index is 11.9. The first kappa shape index (κ1) is 16.9. The van der Waals surface area contributed by atoms with Gasteiger partial charge in [0.1, 0.15) is 17.3 Å². The van der Waals surface area contributed by atoms with Gasteiger partial charge in [-0.2, -0.15) is 5.10 Å². The highest BCUT2D eigenvalue weighted by atomic mass is 16.6. The van der Waals surface area contributed by atoms with Crippen molar-refractivity contribution < 1.29 is 19.2 Å². The van der Waals surface area contributed by atoms with E-state index in [1.54, 1.807) is 36.4 Å². The van der Waals surface area contributed by atoms with E-state index < -0.39 is 10.8 Å². The number of furan rings is 1. The van der Waals surface area contributed by atoms with Crippen LogP contribution in [0.4, 0.5) is 5.69 Å². The summed E-state index contributed by atoms with van der Waals surface area (Å²) in [5.41, 5.74) is 3.28. The van der Waals surface area contributed by atoms with Crippen LogP contribution < -0.4 is 5.43 Å². The number of rotatable bonds is 5. The van der Waals surface area contributed by atoms with Crippen molar-refractivity contribution in [3.63, 3.8) is 0 Å². The van der Waals surface area contributed by atoms with Crippen molar-refractivity contribution in [1.29, 1.82) is 0 Å². The molecule has 0 spiro atoms. The molecule has 0 unspecified atom stereocenters. The molecule has 0 bridgehead atoms. The van der Waals surface area contributed by atoms with Gasteiger partial charge < -0.3 is 9.52 Å². The van der Waals surface area contributed by atoms with Crippen LogP contribution >= 0.6 is 0 Å². The number of carbonyl (C=O) groups excluding carboxylic acids is 1. The Bertz CT molecular complexity index is 977. The number of nitrogens with zero attached hydrogens (tertiary/aromatic N) is 2. The van der Waals surface area contributed by atoms with Gasteiger partial charge in [0.15, 0.2) is 0 Å². The van der Waals surface area contributed by atoms with Gasteiger partial charge in [-0.25, -0.2) is 5.43 Å². The molecule has 2 aromatic carbocycles. The number of hydrazone groups is 1. The van der Waals surface area contributed by atoms with E-state index in [1.807, 2.05) is 0 Å². The molecule has 0 atom stereocenters. The smallest absolute Gasteiger partial charge is 0.271 e. The Labute approximate surface area is 147 Å². The number of hydrogen-bond acceptors (Lipinski definition) is 6. The highest BCUT2D eigenvalue weighted by Crippen LogP contribution is 2.24. The van der Waals surface area contributed by atoms with Gasteiger partial charge in [-0.3, -0.25) is 14.9 Å². The lowest BCUT2D eigenvalue weighted by atomic mass is 10.1. The molecule has 0 aliphatic carbocycles. The Hall–Kier alpha value is -3.94. The number of carbonyl (C=O) groups is 1. The summed E-state index contributed by atoms with van der Waals surface area (Å²) >= 11 is 0. The summed E-state index contributed by atoms with van der Waals surface area (Å²) in [7, 11) is 0. The number of phenols is 1. The van der Waals surface area contributed by atoms with Crippen molar-refractivity contribution in [2.24, 2.45) is 5.10 Å². The highest BCUT2D eigenvalue weighted by molar-refractivity contribution is 5.95. The van der Waals surface area contributed by atoms with Gasteiger partial charge in [-0.05, 0) is 42.5 Å². The Morgan fingerprint density at radius 2 is 1.92 bits per heavy atom. The lowest BCUT2D eigenvalue weighted by Gasteiger charge is -1.99. The summed E-state index contributed by atoms with van der Waals surface area (Å²) in [5, 5.41) is 23.8. The van der Waals surface area contributed by atoms with E-state index >= 15 is 0 Å². The Balaban J connectivity index is 1.65. The highest BCUT2D eigenvalue weighted by Gasteiger charge is 2.08. The second kappa shape index (κ2) is 7.31. The molecule has 0 saturated carbocycles. The average molecular weight is 351 g/mol. The Morgan fingerprint density at radius 1 is 1.15 bits per heavy atom. The number of nitrogens with one attached hydrogen (secondary N) is 1. The summed E-state index contributed by atoms with van der Waals surface area (Å²) in [4.78, 5) is 22.1. The fraction of sp³-hybridized carbons (Fsp3) is 0. The summed E-state index contributed by atoms with van der Waals surface area (Å²) in [5.74, 6) is 0.426. The van der Waals surface area contributed by atoms with Crippen LogP contribution in [0.2, 0.25) is 0 Å². The van der Waals surface area contributed by atoms with E-state index in [1.165, 1.54) is 30.5 Å². The normalized spacial score (nSPS) is 10.8. The van der Waals surface area contributed by atoms with Crippen molar-refractivity contribution in [2.45, 2.75) is 0 Å². The van der Waals surface area contributed by atoms with Crippen molar-refractivity contribution >= 4 is 17.8 Å². The molecule has 0 saturated heterocycles. The minimum absolute atomic E-state index is 0.00301. The molecule has 1 amide bonds. The number of nitro groups is 1. The van der Waals surface area contributed by atoms with Crippen LogP contribution in [0.1, 0.15) is 16.1 Å². The first-order valence-corrected chi connectivity index (χ1v) is 7.50. The lowest BCUT2D eigenvalue weighted by Crippen LogP contribution is -2.17. The molecular weight excluding hydrogens is 338 g/mol. The van der Waals surface area contributed by atoms with Crippen molar-refractivity contribution in [3.8, 4) is 17.1 Å². The minimum Gasteiger partial charge on any atom is -0.508 e. The van der Waals surface area contributed by atoms with E-state index in [4.69, 9.17) is 4.42 Å². The zero-order valence-corrected chi connectivity index (χ0v) is 13.3. The van der Waals surface area contributed by atoms with Crippen LogP contribution in [0.5, 0.6) is 5.75 Å². The van der Waals surface area contributed by atoms with Crippen LogP contribution in [0.15, 0.2) is 70.2 Å². The Kier molecular flexibility index (Phi) is 4.75. The zero-order valence-electron chi connectivity index (χ0n) is 13.3. The minimum atomic E-state index is -0.473. The molecule has 2 N–H and O–H groups in total. The van der Waals surface area contributed by atoms with Crippen LogP contribution in [0.25, 0.3) is 11.3 Å². The monoisotopic (exact) mass is 351 g/mol. The maximum absolute atomic E-state index is 11.9. The molecule has 0 aliphatic rings. The maximum Gasteiger partial charge on any atom is 0.271 e. The molecule has 1 aromatic heterocycles. The third-order valence-corrected chi connectivity index (χ3v) is 3.46. The first-order chi connectivity index (χ1) is 12.5. The molecule has 26 heavy (non-hydrogen) atoms. The predicted molar refractivity (Wildman–Crippen MR) is 94.0 cm³/mol. The first-order valence-electron chi connectivity index (χ1n) is 7.50. The van der Waals surface area contributed by atoms with E-state index in [2.05, 4.69) is 10.5 Å². The SMILES string of the molecule is O=C(N/N=C\c1ccc(-c2ccc([N+](=O)[O-])cc2)o1)c1cccc(O)c1. The zero-order chi connectivity index (χ0) is 18.5. The molecule has 1 heterocycles. The van der Waals surface area contributed by atoms with Crippen LogP contribution in [-0.2, 0) is 0 Å². The van der Waals surface area contributed by atoms with Crippen LogP contribution in [-0.4, -0.2) is 22.2 Å². The molecule has 8 nitrogen and oxygen atoms in total. The summed E-state index contributed by atoms with van der Waals surface area (Å²) in [6.45, 7) is 0. The molecule has 0 fully saturated rings. The number of phenolic OH excluding ortho intramolecular Hbond substituents is 1. The second-order valence-electron chi connectivity index (χ2n) is 5.26. The van der Waals surface area contributed by atoms with Crippen molar-refractivity contribution in [1.82, 2.24) is 5.43 Å². The van der Waals surface area contributed by atoms with Crippen LogP contribution in [0, 0.1) is 10.1 Å². The number of hydrogen-bond donors (Lipinski definition) is 2. The van der Waals surface area contributed by atoms with Crippen LogP contribution in [0.3, 0.4) is 0 Å². The molecule has 0 radical (unpaired) electrons. The van der Waals surface area contributed by atoms with Gasteiger partial charge in [-0.15, -0.1) is 0 Å². The Morgan fingerprint density at radius 3 is 2.62 bits per heavy atom. The standard InChI is InChI=1S/C18H13N3O5/c22-15-3-1-2-13(10-15)18(23)20-19-11-16-8-9-17(26-16)12-4-6-14(7-5-12)21(24)25/h1-11,22H,(H,20,23)/b19-11-. The van der Waals surface area contributed by atoms with Gasteiger partial charge in [-0.1, -0.05) is 6.07 Å². The number of amides is 1. The van der Waals surface area contributed by atoms with Gasteiger partial charge in [0.2, 0.25) is 0 Å². The third kappa shape index (κ3) is 3.93. The molecule has 3 rings (SSSR count).